The first kappa shape index (κ1) is 20.0. The van der Waals surface area contributed by atoms with Crippen LogP contribution in [0.15, 0.2) is 42.0 Å². The van der Waals surface area contributed by atoms with Crippen LogP contribution < -0.4 is 0 Å². The minimum Gasteiger partial charge on any atom is -0.462 e. The van der Waals surface area contributed by atoms with Crippen molar-refractivity contribution in [2.45, 2.75) is 77.2 Å². The summed E-state index contributed by atoms with van der Waals surface area (Å²) in [6.45, 7) is 2.39. The summed E-state index contributed by atoms with van der Waals surface area (Å²) in [5.41, 5.74) is 2.77. The van der Waals surface area contributed by atoms with E-state index in [0.717, 1.165) is 50.4 Å². The lowest BCUT2D eigenvalue weighted by Gasteiger charge is -2.53. The predicted molar refractivity (Wildman–Crippen MR) is 117 cm³/mol. The Hall–Kier alpha value is -1.90. The second kappa shape index (κ2) is 7.98. The highest BCUT2D eigenvalue weighted by molar-refractivity contribution is 5.91. The van der Waals surface area contributed by atoms with Gasteiger partial charge in [-0.25, -0.2) is 0 Å². The summed E-state index contributed by atoms with van der Waals surface area (Å²) in [5.74, 6) is 3.09. The van der Waals surface area contributed by atoms with Crippen LogP contribution in [0.1, 0.15) is 70.3 Å². The van der Waals surface area contributed by atoms with Crippen molar-refractivity contribution in [1.29, 1.82) is 0 Å². The first-order valence-electron chi connectivity index (χ1n) is 12.0. The summed E-state index contributed by atoms with van der Waals surface area (Å²) in [7, 11) is 0. The van der Waals surface area contributed by atoms with Crippen molar-refractivity contribution in [3.05, 3.63) is 47.5 Å². The Morgan fingerprint density at radius 2 is 1.87 bits per heavy atom. The third-order valence-corrected chi connectivity index (χ3v) is 8.95. The zero-order valence-corrected chi connectivity index (χ0v) is 18.1. The molecule has 0 bridgehead atoms. The topological polar surface area (TPSA) is 43.4 Å². The number of allylic oxidation sites excluding steroid dienone is 1. The van der Waals surface area contributed by atoms with Crippen LogP contribution in [0.4, 0.5) is 0 Å². The molecular formula is C27H34O3. The number of hydrogen-bond donors (Lipinski definition) is 0. The van der Waals surface area contributed by atoms with E-state index in [4.69, 9.17) is 4.74 Å². The van der Waals surface area contributed by atoms with Crippen LogP contribution in [-0.4, -0.2) is 17.9 Å². The molecule has 0 amide bonds. The van der Waals surface area contributed by atoms with Crippen molar-refractivity contribution < 1.29 is 14.3 Å². The molecule has 3 nitrogen and oxygen atoms in total. The molecule has 0 spiro atoms. The van der Waals surface area contributed by atoms with Gasteiger partial charge in [0.15, 0.2) is 5.78 Å². The van der Waals surface area contributed by atoms with Crippen molar-refractivity contribution in [2.75, 3.05) is 0 Å². The van der Waals surface area contributed by atoms with Crippen LogP contribution in [0.2, 0.25) is 0 Å². The molecule has 30 heavy (non-hydrogen) atoms. The van der Waals surface area contributed by atoms with E-state index in [2.05, 4.69) is 19.1 Å². The molecule has 3 saturated carbocycles. The van der Waals surface area contributed by atoms with Crippen LogP contribution in [0.25, 0.3) is 0 Å². The Kier molecular flexibility index (Phi) is 5.33. The van der Waals surface area contributed by atoms with E-state index in [1.807, 2.05) is 24.3 Å². The molecule has 0 saturated heterocycles. The number of fused-ring (bicyclic) bond motifs is 5. The third-order valence-electron chi connectivity index (χ3n) is 8.95. The fourth-order valence-electron chi connectivity index (χ4n) is 7.43. The van der Waals surface area contributed by atoms with Gasteiger partial charge in [-0.05, 0) is 86.7 Å². The number of rotatable bonds is 4. The maximum Gasteiger partial charge on any atom is 0.306 e. The van der Waals surface area contributed by atoms with Crippen molar-refractivity contribution >= 4 is 11.8 Å². The summed E-state index contributed by atoms with van der Waals surface area (Å²) < 4.78 is 6.11. The molecular weight excluding hydrogens is 372 g/mol. The summed E-state index contributed by atoms with van der Waals surface area (Å²) in [6, 6.07) is 10.2. The molecule has 0 unspecified atom stereocenters. The smallest absolute Gasteiger partial charge is 0.306 e. The summed E-state index contributed by atoms with van der Waals surface area (Å²) in [6.07, 6.45) is 12.0. The van der Waals surface area contributed by atoms with E-state index in [1.165, 1.54) is 30.4 Å². The predicted octanol–water partition coefficient (Wildman–Crippen LogP) is 5.67. The highest BCUT2D eigenvalue weighted by Crippen LogP contribution is 2.62. The molecule has 4 aliphatic rings. The van der Waals surface area contributed by atoms with Gasteiger partial charge in [-0.15, -0.1) is 0 Å². The SMILES string of the molecule is C[C@]12CC[C@@H]3[C@@H](CCC4=CC(=O)CC[C@@H]43)[C@@H]1CC[C@@H]2OC(=O)CCc1ccccc1. The Bertz CT molecular complexity index is 841. The summed E-state index contributed by atoms with van der Waals surface area (Å²) >= 11 is 0. The number of esters is 1. The number of aryl methyl sites for hydroxylation is 1. The lowest BCUT2D eigenvalue weighted by atomic mass is 9.52. The lowest BCUT2D eigenvalue weighted by Crippen LogP contribution is -2.48. The first-order chi connectivity index (χ1) is 14.5. The van der Waals surface area contributed by atoms with E-state index in [0.29, 0.717) is 24.0 Å². The molecule has 0 radical (unpaired) electrons. The fourth-order valence-corrected chi connectivity index (χ4v) is 7.43. The van der Waals surface area contributed by atoms with Gasteiger partial charge < -0.3 is 4.74 Å². The van der Waals surface area contributed by atoms with Crippen molar-refractivity contribution in [1.82, 2.24) is 0 Å². The maximum atomic E-state index is 12.6. The van der Waals surface area contributed by atoms with Crippen LogP contribution in [0, 0.1) is 29.1 Å². The highest BCUT2D eigenvalue weighted by atomic mass is 16.5. The van der Waals surface area contributed by atoms with Gasteiger partial charge in [0.25, 0.3) is 0 Å². The van der Waals surface area contributed by atoms with Gasteiger partial charge in [0.1, 0.15) is 6.10 Å². The summed E-state index contributed by atoms with van der Waals surface area (Å²) in [5, 5.41) is 0. The third kappa shape index (κ3) is 3.55. The molecule has 3 fully saturated rings. The molecule has 5 rings (SSSR count). The van der Waals surface area contributed by atoms with Crippen molar-refractivity contribution in [3.63, 3.8) is 0 Å². The number of hydrogen-bond acceptors (Lipinski definition) is 3. The summed E-state index contributed by atoms with van der Waals surface area (Å²) in [4.78, 5) is 24.5. The van der Waals surface area contributed by atoms with Crippen LogP contribution in [-0.2, 0) is 20.7 Å². The Morgan fingerprint density at radius 1 is 1.03 bits per heavy atom. The average molecular weight is 407 g/mol. The van der Waals surface area contributed by atoms with Gasteiger partial charge in [0, 0.05) is 18.3 Å². The fraction of sp³-hybridized carbons (Fsp3) is 0.630. The Labute approximate surface area is 180 Å². The van der Waals surface area contributed by atoms with Gasteiger partial charge in [-0.2, -0.15) is 0 Å². The molecule has 0 aromatic heterocycles. The zero-order chi connectivity index (χ0) is 20.7. The minimum absolute atomic E-state index is 0.0347. The quantitative estimate of drug-likeness (QED) is 0.605. The molecule has 1 aromatic carbocycles. The largest absolute Gasteiger partial charge is 0.462 e. The van der Waals surface area contributed by atoms with E-state index in [-0.39, 0.29) is 17.5 Å². The molecule has 6 atom stereocenters. The van der Waals surface area contributed by atoms with Crippen molar-refractivity contribution in [3.8, 4) is 0 Å². The van der Waals surface area contributed by atoms with E-state index < -0.39 is 0 Å². The molecule has 0 heterocycles. The van der Waals surface area contributed by atoms with E-state index in [1.54, 1.807) is 0 Å². The Morgan fingerprint density at radius 3 is 2.70 bits per heavy atom. The number of benzene rings is 1. The second-order valence-electron chi connectivity index (χ2n) is 10.4. The maximum absolute atomic E-state index is 12.6. The standard InChI is InChI=1S/C27H34O3/c1-27-16-15-22-21-11-9-20(28)17-19(21)8-10-23(22)24(27)12-13-25(27)30-26(29)14-7-18-5-3-2-4-6-18/h2-6,17,21-25H,7-16H2,1H3/t21-,22-,23+,24-,25-,27-/m0/s1. The number of ether oxygens (including phenoxy) is 1. The minimum atomic E-state index is -0.0347. The lowest BCUT2D eigenvalue weighted by molar-refractivity contribution is -0.158. The average Bonchev–Trinajstić information content (AvgIpc) is 3.09. The number of ketones is 1. The van der Waals surface area contributed by atoms with Gasteiger partial charge in [0.2, 0.25) is 0 Å². The second-order valence-corrected chi connectivity index (χ2v) is 10.4. The molecule has 160 valence electrons. The van der Waals surface area contributed by atoms with Gasteiger partial charge in [0.05, 0.1) is 0 Å². The van der Waals surface area contributed by atoms with Crippen LogP contribution >= 0.6 is 0 Å². The number of carbonyl (C=O) groups excluding carboxylic acids is 2. The molecule has 3 heteroatoms. The molecule has 4 aliphatic carbocycles. The van der Waals surface area contributed by atoms with Crippen molar-refractivity contribution in [2.24, 2.45) is 29.1 Å². The van der Waals surface area contributed by atoms with Gasteiger partial charge in [-0.3, -0.25) is 9.59 Å². The Balaban J connectivity index is 1.23. The first-order valence-corrected chi connectivity index (χ1v) is 12.0. The zero-order valence-electron chi connectivity index (χ0n) is 18.1. The van der Waals surface area contributed by atoms with Gasteiger partial charge in [-0.1, -0.05) is 42.8 Å². The molecule has 0 aliphatic heterocycles. The van der Waals surface area contributed by atoms with E-state index >= 15 is 0 Å². The normalized spacial score (nSPS) is 37.6. The highest BCUT2D eigenvalue weighted by Gasteiger charge is 2.57. The van der Waals surface area contributed by atoms with Crippen LogP contribution in [0.5, 0.6) is 0 Å². The van der Waals surface area contributed by atoms with E-state index in [9.17, 15) is 9.59 Å². The van der Waals surface area contributed by atoms with Crippen LogP contribution in [0.3, 0.4) is 0 Å². The molecule has 1 aromatic rings. The molecule has 0 N–H and O–H groups in total. The number of carbonyl (C=O) groups is 2. The monoisotopic (exact) mass is 406 g/mol. The van der Waals surface area contributed by atoms with Gasteiger partial charge >= 0.3 is 5.97 Å².